The summed E-state index contributed by atoms with van der Waals surface area (Å²) in [5.74, 6) is 0.818. The zero-order chi connectivity index (χ0) is 22.4. The molecule has 1 aliphatic rings. The van der Waals surface area contributed by atoms with E-state index in [-0.39, 0.29) is 24.7 Å². The average Bonchev–Trinajstić information content (AvgIpc) is 3.32. The molecule has 2 aromatic rings. The summed E-state index contributed by atoms with van der Waals surface area (Å²) in [5, 5.41) is 18.5. The van der Waals surface area contributed by atoms with Crippen LogP contribution in [0.15, 0.2) is 36.4 Å². The Morgan fingerprint density at radius 2 is 1.52 bits per heavy atom. The summed E-state index contributed by atoms with van der Waals surface area (Å²) in [6, 6.07) is 9.10. The van der Waals surface area contributed by atoms with Crippen LogP contribution in [0.2, 0.25) is 0 Å². The number of hydrogen-bond acceptors (Lipinski definition) is 6. The van der Waals surface area contributed by atoms with E-state index in [0.29, 0.717) is 36.0 Å². The maximum absolute atomic E-state index is 11.0. The maximum Gasteiger partial charge on any atom is 0.191 e. The van der Waals surface area contributed by atoms with Crippen LogP contribution in [0.25, 0.3) is 4.85 Å². The Balaban J connectivity index is 0.000000464. The Morgan fingerprint density at radius 3 is 1.94 bits per heavy atom. The van der Waals surface area contributed by atoms with E-state index in [1.54, 1.807) is 18.2 Å². The molecule has 1 aliphatic heterocycles. The molecule has 3 rings (SSSR count). The van der Waals surface area contributed by atoms with E-state index in [2.05, 4.69) is 4.85 Å². The molecule has 0 saturated carbocycles. The molecule has 1 saturated heterocycles. The molecule has 1 heterocycles. The van der Waals surface area contributed by atoms with Crippen molar-refractivity contribution in [3.05, 3.63) is 53.4 Å². The molecule has 0 aliphatic carbocycles. The summed E-state index contributed by atoms with van der Waals surface area (Å²) < 4.78 is 15.2. The van der Waals surface area contributed by atoms with Gasteiger partial charge in [-0.05, 0) is 63.9 Å². The van der Waals surface area contributed by atoms with Crippen LogP contribution in [0.5, 0.6) is 23.0 Å². The van der Waals surface area contributed by atoms with Gasteiger partial charge in [-0.25, -0.2) is 4.85 Å². The molecule has 31 heavy (non-hydrogen) atoms. The Hall–Kier alpha value is -3.24. The number of ether oxygens (including phenoxy) is 3. The fourth-order valence-corrected chi connectivity index (χ4v) is 2.36. The van der Waals surface area contributed by atoms with Crippen molar-refractivity contribution in [2.24, 2.45) is 0 Å². The molecule has 2 aromatic carbocycles. The third-order valence-corrected chi connectivity index (χ3v) is 3.87. The van der Waals surface area contributed by atoms with Crippen LogP contribution in [0.1, 0.15) is 51.4 Å². The second kappa shape index (κ2) is 15.6. The molecule has 0 aromatic heterocycles. The molecule has 0 amide bonds. The average molecular weight is 432 g/mol. The number of phenolic OH excluding ortho intramolecular Hbond substituents is 2. The summed E-state index contributed by atoms with van der Waals surface area (Å²) in [4.78, 5) is 14.2. The van der Waals surface area contributed by atoms with E-state index in [9.17, 15) is 15.0 Å². The first kappa shape index (κ1) is 27.8. The standard InChI is InChI=1S/C10H12O3.C9H9NO2.C4H8O.CH4/c1-3-13-10-6-8(7(2)11)4-5-9(10)12;1-3-12-9-6-7(10-2)4-5-8(9)11;1-2-4-5-3-1;/h4-6,12H,3H2,1-2H3;4-6,11H,3H2,1H3;1-4H2;1H4. The predicted molar refractivity (Wildman–Crippen MR) is 122 cm³/mol. The molecule has 0 radical (unpaired) electrons. The smallest absolute Gasteiger partial charge is 0.191 e. The fourth-order valence-electron chi connectivity index (χ4n) is 2.36. The minimum atomic E-state index is -0.0408. The molecule has 0 spiro atoms. The molecular formula is C24H33NO6. The van der Waals surface area contributed by atoms with Crippen molar-refractivity contribution in [1.29, 1.82) is 0 Å². The van der Waals surface area contributed by atoms with Crippen molar-refractivity contribution in [2.75, 3.05) is 26.4 Å². The molecule has 2 N–H and O–H groups in total. The van der Waals surface area contributed by atoms with Crippen LogP contribution < -0.4 is 9.47 Å². The van der Waals surface area contributed by atoms with Crippen LogP contribution in [-0.4, -0.2) is 42.4 Å². The van der Waals surface area contributed by atoms with Crippen molar-refractivity contribution in [3.8, 4) is 23.0 Å². The van der Waals surface area contributed by atoms with Gasteiger partial charge in [-0.3, -0.25) is 4.79 Å². The summed E-state index contributed by atoms with van der Waals surface area (Å²) >= 11 is 0. The molecular weight excluding hydrogens is 398 g/mol. The zero-order valence-corrected chi connectivity index (χ0v) is 17.7. The molecule has 0 unspecified atom stereocenters. The second-order valence-corrected chi connectivity index (χ2v) is 6.19. The van der Waals surface area contributed by atoms with E-state index < -0.39 is 0 Å². The molecule has 170 valence electrons. The first-order valence-corrected chi connectivity index (χ1v) is 9.80. The van der Waals surface area contributed by atoms with Gasteiger partial charge in [-0.1, -0.05) is 13.5 Å². The summed E-state index contributed by atoms with van der Waals surface area (Å²) in [6.45, 7) is 14.8. The number of nitrogens with zero attached hydrogens (tertiary/aromatic N) is 1. The van der Waals surface area contributed by atoms with E-state index in [4.69, 9.17) is 20.8 Å². The minimum absolute atomic E-state index is 0. The van der Waals surface area contributed by atoms with Crippen LogP contribution in [0.4, 0.5) is 5.69 Å². The quantitative estimate of drug-likeness (QED) is 0.462. The number of Topliss-reactive ketones (excluding diaryl/α,β-unsaturated/α-hetero) is 1. The number of benzene rings is 2. The van der Waals surface area contributed by atoms with Gasteiger partial charge < -0.3 is 24.4 Å². The number of phenols is 2. The largest absolute Gasteiger partial charge is 0.504 e. The van der Waals surface area contributed by atoms with E-state index in [1.165, 1.54) is 38.0 Å². The van der Waals surface area contributed by atoms with Crippen LogP contribution in [-0.2, 0) is 4.74 Å². The summed E-state index contributed by atoms with van der Waals surface area (Å²) in [7, 11) is 0. The highest BCUT2D eigenvalue weighted by molar-refractivity contribution is 5.94. The second-order valence-electron chi connectivity index (χ2n) is 6.19. The zero-order valence-electron chi connectivity index (χ0n) is 17.7. The molecule has 7 nitrogen and oxygen atoms in total. The Labute approximate surface area is 185 Å². The Bertz CT molecular complexity index is 833. The predicted octanol–water partition coefficient (Wildman–Crippen LogP) is 5.77. The van der Waals surface area contributed by atoms with Gasteiger partial charge in [0.15, 0.2) is 34.5 Å². The van der Waals surface area contributed by atoms with Crippen molar-refractivity contribution < 1.29 is 29.2 Å². The number of hydrogen-bond donors (Lipinski definition) is 2. The topological polar surface area (TPSA) is 89.6 Å². The Morgan fingerprint density at radius 1 is 1.00 bits per heavy atom. The number of carbonyl (C=O) groups excluding carboxylic acids is 1. The number of rotatable bonds is 5. The van der Waals surface area contributed by atoms with Gasteiger partial charge in [0.2, 0.25) is 0 Å². The summed E-state index contributed by atoms with van der Waals surface area (Å²) in [5.41, 5.74) is 1.01. The van der Waals surface area contributed by atoms with Crippen LogP contribution in [0.3, 0.4) is 0 Å². The van der Waals surface area contributed by atoms with Crippen molar-refractivity contribution >= 4 is 11.5 Å². The van der Waals surface area contributed by atoms with E-state index >= 15 is 0 Å². The first-order valence-electron chi connectivity index (χ1n) is 9.80. The van der Waals surface area contributed by atoms with Gasteiger partial charge in [-0.2, -0.15) is 0 Å². The van der Waals surface area contributed by atoms with Gasteiger partial charge in [0.05, 0.1) is 19.8 Å². The van der Waals surface area contributed by atoms with Crippen molar-refractivity contribution in [1.82, 2.24) is 0 Å². The fraction of sp³-hybridized carbons (Fsp3) is 0.417. The normalized spacial score (nSPS) is 11.4. The highest BCUT2D eigenvalue weighted by Gasteiger charge is 2.05. The van der Waals surface area contributed by atoms with Gasteiger partial charge in [0.1, 0.15) is 0 Å². The van der Waals surface area contributed by atoms with E-state index in [0.717, 1.165) is 13.2 Å². The molecule has 7 heteroatoms. The van der Waals surface area contributed by atoms with Gasteiger partial charge >= 0.3 is 0 Å². The third-order valence-electron chi connectivity index (χ3n) is 3.87. The lowest BCUT2D eigenvalue weighted by molar-refractivity contribution is 0.101. The number of ketones is 1. The molecule has 0 atom stereocenters. The van der Waals surface area contributed by atoms with Crippen LogP contribution >= 0.6 is 0 Å². The van der Waals surface area contributed by atoms with Gasteiger partial charge in [-0.15, -0.1) is 0 Å². The van der Waals surface area contributed by atoms with E-state index in [1.807, 2.05) is 13.8 Å². The number of aromatic hydroxyl groups is 2. The van der Waals surface area contributed by atoms with Crippen LogP contribution in [0, 0.1) is 6.57 Å². The maximum atomic E-state index is 11.0. The third kappa shape index (κ3) is 10.4. The summed E-state index contributed by atoms with van der Waals surface area (Å²) in [6.07, 6.45) is 2.56. The highest BCUT2D eigenvalue weighted by atomic mass is 16.5. The first-order chi connectivity index (χ1) is 14.4. The monoisotopic (exact) mass is 431 g/mol. The molecule has 0 bridgehead atoms. The minimum Gasteiger partial charge on any atom is -0.504 e. The lowest BCUT2D eigenvalue weighted by Crippen LogP contribution is -1.96. The lowest BCUT2D eigenvalue weighted by atomic mass is 10.1. The highest BCUT2D eigenvalue weighted by Crippen LogP contribution is 2.30. The lowest BCUT2D eigenvalue weighted by Gasteiger charge is -2.06. The SMILES string of the molecule is C.C1CCOC1.CCOc1cc(C(C)=O)ccc1O.[C-]#[N+]c1ccc(O)c(OCC)c1. The van der Waals surface area contributed by atoms with Crippen molar-refractivity contribution in [2.45, 2.75) is 41.0 Å². The Kier molecular flexibility index (Phi) is 14.0. The molecule has 1 fully saturated rings. The van der Waals surface area contributed by atoms with Gasteiger partial charge in [0, 0.05) is 18.8 Å². The van der Waals surface area contributed by atoms with Crippen molar-refractivity contribution in [3.63, 3.8) is 0 Å². The number of carbonyl (C=O) groups is 1. The van der Waals surface area contributed by atoms with Gasteiger partial charge in [0.25, 0.3) is 0 Å².